The second kappa shape index (κ2) is 9.70. The third kappa shape index (κ3) is 4.46. The summed E-state index contributed by atoms with van der Waals surface area (Å²) in [7, 11) is 1.48. The van der Waals surface area contributed by atoms with Crippen molar-refractivity contribution in [3.8, 4) is 17.0 Å². The van der Waals surface area contributed by atoms with E-state index >= 15 is 0 Å². The second-order valence-corrected chi connectivity index (χ2v) is 10.1. The van der Waals surface area contributed by atoms with Crippen LogP contribution in [-0.2, 0) is 13.1 Å². The second-order valence-electron chi connectivity index (χ2n) is 9.71. The maximum Gasteiger partial charge on any atom is 0.276 e. The molecule has 0 fully saturated rings. The van der Waals surface area contributed by atoms with Crippen molar-refractivity contribution in [1.29, 1.82) is 0 Å². The third-order valence-corrected chi connectivity index (χ3v) is 7.07. The van der Waals surface area contributed by atoms with Gasteiger partial charge in [0.15, 0.2) is 11.3 Å². The number of hydrogen-bond acceptors (Lipinski definition) is 6. The summed E-state index contributed by atoms with van der Waals surface area (Å²) in [6.45, 7) is 5.27. The average Bonchev–Trinajstić information content (AvgIpc) is 3.67. The minimum absolute atomic E-state index is 0.00307. The Balaban J connectivity index is 1.48. The summed E-state index contributed by atoms with van der Waals surface area (Å²) in [5.41, 5.74) is 5.20. The zero-order valence-corrected chi connectivity index (χ0v) is 22.3. The van der Waals surface area contributed by atoms with E-state index in [-0.39, 0.29) is 17.3 Å². The van der Waals surface area contributed by atoms with Gasteiger partial charge in [-0.15, -0.1) is 0 Å². The van der Waals surface area contributed by atoms with Gasteiger partial charge in [-0.3, -0.25) is 9.89 Å². The summed E-state index contributed by atoms with van der Waals surface area (Å²) >= 11 is 6.24. The van der Waals surface area contributed by atoms with Crippen LogP contribution in [0.4, 0.5) is 15.9 Å². The van der Waals surface area contributed by atoms with Crippen LogP contribution < -0.4 is 15.0 Å². The molecule has 0 unspecified atom stereocenters. The summed E-state index contributed by atoms with van der Waals surface area (Å²) in [6.07, 6.45) is 3.46. The lowest BCUT2D eigenvalue weighted by Crippen LogP contribution is -2.17. The standard InChI is InChI=1S/C28H25ClFN7O2/c1-15(2)25-26(28(38)33-22-9-20(39-3)6-7-21(22)30)35-37-23(18-11-31-32-12-18)10-24(34-27(25)37)36-13-16-4-5-19(29)8-17(16)14-36/h4-12,15H,13-14H2,1-3H3,(H,31,32)(H,33,38). The molecule has 0 saturated carbocycles. The molecule has 2 aromatic carbocycles. The topological polar surface area (TPSA) is 100 Å². The van der Waals surface area contributed by atoms with Gasteiger partial charge in [-0.1, -0.05) is 31.5 Å². The first-order chi connectivity index (χ1) is 18.8. The monoisotopic (exact) mass is 545 g/mol. The van der Waals surface area contributed by atoms with Gasteiger partial charge in [0.2, 0.25) is 0 Å². The number of hydrogen-bond donors (Lipinski definition) is 2. The number of ether oxygens (including phenoxy) is 1. The Morgan fingerprint density at radius 3 is 2.72 bits per heavy atom. The van der Waals surface area contributed by atoms with Gasteiger partial charge >= 0.3 is 0 Å². The number of benzene rings is 2. The van der Waals surface area contributed by atoms with Gasteiger partial charge in [0.1, 0.15) is 17.4 Å². The number of amides is 1. The smallest absolute Gasteiger partial charge is 0.276 e. The molecule has 1 aliphatic rings. The molecule has 5 aromatic rings. The van der Waals surface area contributed by atoms with Gasteiger partial charge < -0.3 is 15.0 Å². The van der Waals surface area contributed by atoms with E-state index in [0.717, 1.165) is 16.9 Å². The number of rotatable bonds is 6. The van der Waals surface area contributed by atoms with E-state index in [9.17, 15) is 9.18 Å². The van der Waals surface area contributed by atoms with Gasteiger partial charge in [-0.2, -0.15) is 10.2 Å². The zero-order chi connectivity index (χ0) is 27.3. The maximum atomic E-state index is 14.5. The normalized spacial score (nSPS) is 12.8. The lowest BCUT2D eigenvalue weighted by Gasteiger charge is -2.18. The molecule has 0 radical (unpaired) electrons. The van der Waals surface area contributed by atoms with Crippen molar-refractivity contribution in [3.63, 3.8) is 0 Å². The van der Waals surface area contributed by atoms with E-state index in [2.05, 4.69) is 25.5 Å². The lowest BCUT2D eigenvalue weighted by molar-refractivity contribution is 0.102. The Morgan fingerprint density at radius 2 is 1.97 bits per heavy atom. The number of aromatic amines is 1. The predicted molar refractivity (Wildman–Crippen MR) is 147 cm³/mol. The molecule has 0 saturated heterocycles. The molecule has 1 aliphatic heterocycles. The molecule has 11 heteroatoms. The van der Waals surface area contributed by atoms with Crippen LogP contribution in [0.5, 0.6) is 5.75 Å². The molecule has 0 bridgehead atoms. The van der Waals surface area contributed by atoms with Crippen molar-refractivity contribution < 1.29 is 13.9 Å². The number of carbonyl (C=O) groups excluding carboxylic acids is 1. The van der Waals surface area contributed by atoms with Gasteiger partial charge in [0, 0.05) is 47.6 Å². The summed E-state index contributed by atoms with van der Waals surface area (Å²) in [6, 6.07) is 12.0. The molecule has 0 spiro atoms. The van der Waals surface area contributed by atoms with Gasteiger partial charge in [0.05, 0.1) is 24.7 Å². The fourth-order valence-corrected chi connectivity index (χ4v) is 5.11. The van der Waals surface area contributed by atoms with Crippen LogP contribution in [0.15, 0.2) is 54.9 Å². The number of halogens is 2. The number of nitrogens with zero attached hydrogens (tertiary/aromatic N) is 5. The Labute approximate surface area is 228 Å². The number of methoxy groups -OCH3 is 1. The minimum atomic E-state index is -0.577. The first kappa shape index (κ1) is 24.9. The molecular weight excluding hydrogens is 521 g/mol. The number of anilines is 2. The van der Waals surface area contributed by atoms with E-state index in [0.29, 0.717) is 40.8 Å². The number of nitrogens with one attached hydrogen (secondary N) is 2. The number of H-pyrrole nitrogens is 1. The Hall–Kier alpha value is -4.44. The van der Waals surface area contributed by atoms with Crippen molar-refractivity contribution in [3.05, 3.63) is 88.1 Å². The summed E-state index contributed by atoms with van der Waals surface area (Å²) in [4.78, 5) is 20.7. The molecule has 0 atom stereocenters. The van der Waals surface area contributed by atoms with E-state index < -0.39 is 11.7 Å². The third-order valence-electron chi connectivity index (χ3n) is 6.83. The number of fused-ring (bicyclic) bond motifs is 2. The first-order valence-corrected chi connectivity index (χ1v) is 12.8. The molecule has 2 N–H and O–H groups in total. The largest absolute Gasteiger partial charge is 0.497 e. The molecule has 39 heavy (non-hydrogen) atoms. The van der Waals surface area contributed by atoms with Gasteiger partial charge in [-0.05, 0) is 41.3 Å². The Morgan fingerprint density at radius 1 is 1.15 bits per heavy atom. The molecule has 0 aliphatic carbocycles. The predicted octanol–water partition coefficient (Wildman–Crippen LogP) is 5.82. The van der Waals surface area contributed by atoms with E-state index in [1.54, 1.807) is 16.9 Å². The minimum Gasteiger partial charge on any atom is -0.497 e. The van der Waals surface area contributed by atoms with Crippen molar-refractivity contribution >= 4 is 34.7 Å². The highest BCUT2D eigenvalue weighted by molar-refractivity contribution is 6.30. The number of carbonyl (C=O) groups is 1. The van der Waals surface area contributed by atoms with Crippen LogP contribution in [0.2, 0.25) is 5.02 Å². The summed E-state index contributed by atoms with van der Waals surface area (Å²) < 4.78 is 21.4. The fourth-order valence-electron chi connectivity index (χ4n) is 4.91. The highest BCUT2D eigenvalue weighted by Gasteiger charge is 2.28. The quantitative estimate of drug-likeness (QED) is 0.279. The van der Waals surface area contributed by atoms with Gasteiger partial charge in [0.25, 0.3) is 5.91 Å². The molecular formula is C28H25ClFN7O2. The van der Waals surface area contributed by atoms with E-state index in [1.807, 2.05) is 38.1 Å². The van der Waals surface area contributed by atoms with Crippen molar-refractivity contribution in [1.82, 2.24) is 24.8 Å². The molecule has 198 valence electrons. The van der Waals surface area contributed by atoms with Crippen molar-refractivity contribution in [2.75, 3.05) is 17.3 Å². The van der Waals surface area contributed by atoms with E-state index in [1.165, 1.54) is 30.9 Å². The molecule has 9 nitrogen and oxygen atoms in total. The Bertz CT molecular complexity index is 1720. The van der Waals surface area contributed by atoms with Crippen LogP contribution in [-0.4, -0.2) is 37.8 Å². The fraction of sp³-hybridized carbons (Fsp3) is 0.214. The van der Waals surface area contributed by atoms with Crippen LogP contribution in [0.3, 0.4) is 0 Å². The molecule has 6 rings (SSSR count). The number of aromatic nitrogens is 5. The van der Waals surface area contributed by atoms with E-state index in [4.69, 9.17) is 21.3 Å². The first-order valence-electron chi connectivity index (χ1n) is 12.4. The SMILES string of the molecule is COc1ccc(F)c(NC(=O)c2nn3c(-c4cn[nH]c4)cc(N4Cc5ccc(Cl)cc5C4)nc3c2C(C)C)c1. The summed E-state index contributed by atoms with van der Waals surface area (Å²) in [5, 5.41) is 15.0. The van der Waals surface area contributed by atoms with Crippen LogP contribution >= 0.6 is 11.6 Å². The lowest BCUT2D eigenvalue weighted by atomic mass is 10.0. The summed E-state index contributed by atoms with van der Waals surface area (Å²) in [5.74, 6) is -0.0646. The maximum absolute atomic E-state index is 14.5. The molecule has 3 aromatic heterocycles. The molecule has 1 amide bonds. The van der Waals surface area contributed by atoms with Crippen molar-refractivity contribution in [2.24, 2.45) is 0 Å². The highest BCUT2D eigenvalue weighted by atomic mass is 35.5. The Kier molecular flexibility index (Phi) is 6.19. The molecule has 4 heterocycles. The van der Waals surface area contributed by atoms with Crippen molar-refractivity contribution in [2.45, 2.75) is 32.9 Å². The van der Waals surface area contributed by atoms with Crippen LogP contribution in [0, 0.1) is 5.82 Å². The van der Waals surface area contributed by atoms with Crippen LogP contribution in [0.1, 0.15) is 46.9 Å². The highest BCUT2D eigenvalue weighted by Crippen LogP contribution is 2.35. The zero-order valence-electron chi connectivity index (χ0n) is 21.5. The van der Waals surface area contributed by atoms with Gasteiger partial charge in [-0.25, -0.2) is 13.9 Å². The van der Waals surface area contributed by atoms with Crippen LogP contribution in [0.25, 0.3) is 16.9 Å². The average molecular weight is 546 g/mol.